The molecule has 3 aromatic rings. The molecular formula is C26H30ClN7O2. The van der Waals surface area contributed by atoms with Crippen molar-refractivity contribution in [1.29, 1.82) is 0 Å². The molecule has 1 aromatic heterocycles. The lowest BCUT2D eigenvalue weighted by molar-refractivity contribution is 0.122. The van der Waals surface area contributed by atoms with Crippen molar-refractivity contribution < 1.29 is 9.47 Å². The Labute approximate surface area is 216 Å². The molecule has 9 nitrogen and oxygen atoms in total. The summed E-state index contributed by atoms with van der Waals surface area (Å²) in [6, 6.07) is 15.4. The van der Waals surface area contributed by atoms with Crippen molar-refractivity contribution in [3.05, 3.63) is 64.7 Å². The molecule has 5 rings (SSSR count). The average Bonchev–Trinajstić information content (AvgIpc) is 2.94. The zero-order valence-electron chi connectivity index (χ0n) is 20.1. The van der Waals surface area contributed by atoms with Crippen molar-refractivity contribution in [2.45, 2.75) is 25.9 Å². The van der Waals surface area contributed by atoms with Crippen molar-refractivity contribution >= 4 is 35.7 Å². The van der Waals surface area contributed by atoms with Crippen LogP contribution in [0.25, 0.3) is 0 Å². The molecule has 0 bridgehead atoms. The van der Waals surface area contributed by atoms with E-state index in [1.54, 1.807) is 6.21 Å². The van der Waals surface area contributed by atoms with Crippen molar-refractivity contribution in [3.8, 4) is 5.75 Å². The number of rotatable bonds is 8. The van der Waals surface area contributed by atoms with Crippen LogP contribution in [0.15, 0.2) is 53.6 Å². The largest absolute Gasteiger partial charge is 0.489 e. The van der Waals surface area contributed by atoms with Crippen LogP contribution < -0.4 is 20.0 Å². The number of piperidine rings is 1. The van der Waals surface area contributed by atoms with E-state index in [1.165, 1.54) is 6.42 Å². The number of aromatic nitrogens is 3. The van der Waals surface area contributed by atoms with Crippen molar-refractivity contribution in [3.63, 3.8) is 0 Å². The monoisotopic (exact) mass is 507 g/mol. The van der Waals surface area contributed by atoms with E-state index in [0.29, 0.717) is 42.7 Å². The van der Waals surface area contributed by atoms with Crippen LogP contribution in [-0.4, -0.2) is 60.6 Å². The lowest BCUT2D eigenvalue weighted by atomic mass is 10.1. The van der Waals surface area contributed by atoms with E-state index in [2.05, 4.69) is 30.3 Å². The van der Waals surface area contributed by atoms with E-state index in [-0.39, 0.29) is 0 Å². The molecule has 0 atom stereocenters. The van der Waals surface area contributed by atoms with Gasteiger partial charge in [0, 0.05) is 31.2 Å². The Balaban J connectivity index is 1.26. The van der Waals surface area contributed by atoms with Crippen LogP contribution >= 0.6 is 11.6 Å². The number of nitrogens with zero attached hydrogens (tertiary/aromatic N) is 6. The SMILES string of the molecule is Clc1ccc(COc2cccc(/C=N\Nc3nc(N4CCCCC4)nc(N4CCOCC4)n3)c2)cc1. The topological polar surface area (TPSA) is 88.0 Å². The van der Waals surface area contributed by atoms with Gasteiger partial charge in [-0.05, 0) is 54.7 Å². The Bertz CT molecular complexity index is 1130. The maximum atomic E-state index is 5.96. The smallest absolute Gasteiger partial charge is 0.250 e. The fourth-order valence-electron chi connectivity index (χ4n) is 4.14. The van der Waals surface area contributed by atoms with E-state index in [4.69, 9.17) is 26.1 Å². The molecule has 2 aliphatic heterocycles. The molecule has 2 aromatic carbocycles. The first kappa shape index (κ1) is 24.3. The first-order valence-corrected chi connectivity index (χ1v) is 12.7. The summed E-state index contributed by atoms with van der Waals surface area (Å²) in [6.07, 6.45) is 5.27. The number of ether oxygens (including phenoxy) is 2. The predicted molar refractivity (Wildman–Crippen MR) is 142 cm³/mol. The van der Waals surface area contributed by atoms with Gasteiger partial charge in [-0.3, -0.25) is 0 Å². The molecule has 10 heteroatoms. The molecular weight excluding hydrogens is 478 g/mol. The molecule has 1 N–H and O–H groups in total. The highest BCUT2D eigenvalue weighted by molar-refractivity contribution is 6.30. The van der Waals surface area contributed by atoms with Gasteiger partial charge in [-0.1, -0.05) is 35.9 Å². The minimum atomic E-state index is 0.429. The summed E-state index contributed by atoms with van der Waals surface area (Å²) in [6.45, 7) is 5.23. The molecule has 0 spiro atoms. The van der Waals surface area contributed by atoms with Gasteiger partial charge in [0.15, 0.2) is 0 Å². The Morgan fingerprint density at radius 1 is 0.917 bits per heavy atom. The third-order valence-corrected chi connectivity index (χ3v) is 6.35. The standard InChI is InChI=1S/C26H30ClN7O2/c27-22-9-7-20(8-10-22)19-36-23-6-4-5-21(17-23)18-28-32-24-29-25(33-11-2-1-3-12-33)31-26(30-24)34-13-15-35-16-14-34/h4-10,17-18H,1-3,11-16,19H2,(H,29,30,31,32)/b28-18-. The van der Waals surface area contributed by atoms with Crippen LogP contribution in [0.4, 0.5) is 17.8 Å². The summed E-state index contributed by atoms with van der Waals surface area (Å²) < 4.78 is 11.4. The summed E-state index contributed by atoms with van der Waals surface area (Å²) in [4.78, 5) is 18.4. The average molecular weight is 508 g/mol. The zero-order valence-corrected chi connectivity index (χ0v) is 20.9. The second kappa shape index (κ2) is 12.0. The van der Waals surface area contributed by atoms with Crippen LogP contribution in [-0.2, 0) is 11.3 Å². The van der Waals surface area contributed by atoms with E-state index in [1.807, 2.05) is 48.5 Å². The van der Waals surface area contributed by atoms with Crippen molar-refractivity contribution in [2.24, 2.45) is 5.10 Å². The minimum Gasteiger partial charge on any atom is -0.489 e. The third-order valence-electron chi connectivity index (χ3n) is 6.10. The molecule has 2 aliphatic rings. The molecule has 0 unspecified atom stereocenters. The fraction of sp³-hybridized carbons (Fsp3) is 0.385. The van der Waals surface area contributed by atoms with E-state index in [0.717, 1.165) is 55.9 Å². The second-order valence-electron chi connectivity index (χ2n) is 8.76. The number of morpholine rings is 1. The summed E-state index contributed by atoms with van der Waals surface area (Å²) >= 11 is 5.96. The highest BCUT2D eigenvalue weighted by Gasteiger charge is 2.20. The summed E-state index contributed by atoms with van der Waals surface area (Å²) in [5.41, 5.74) is 4.95. The number of hydrazone groups is 1. The highest BCUT2D eigenvalue weighted by Crippen LogP contribution is 2.21. The van der Waals surface area contributed by atoms with Gasteiger partial charge in [0.1, 0.15) is 12.4 Å². The normalized spacial score (nSPS) is 16.4. The molecule has 36 heavy (non-hydrogen) atoms. The molecule has 0 aliphatic carbocycles. The lowest BCUT2D eigenvalue weighted by Gasteiger charge is -2.30. The third kappa shape index (κ3) is 6.61. The van der Waals surface area contributed by atoms with Crippen LogP contribution in [0.3, 0.4) is 0 Å². The van der Waals surface area contributed by atoms with Gasteiger partial charge in [-0.2, -0.15) is 20.1 Å². The molecule has 188 valence electrons. The van der Waals surface area contributed by atoms with Gasteiger partial charge in [0.25, 0.3) is 0 Å². The lowest BCUT2D eigenvalue weighted by Crippen LogP contribution is -2.38. The molecule has 0 amide bonds. The quantitative estimate of drug-likeness (QED) is 0.355. The van der Waals surface area contributed by atoms with Crippen LogP contribution in [0.2, 0.25) is 5.02 Å². The van der Waals surface area contributed by atoms with Crippen LogP contribution in [0.5, 0.6) is 5.75 Å². The fourth-order valence-corrected chi connectivity index (χ4v) is 4.27. The Morgan fingerprint density at radius 2 is 1.64 bits per heavy atom. The molecule has 2 fully saturated rings. The number of anilines is 3. The maximum Gasteiger partial charge on any atom is 0.250 e. The Kier molecular flexibility index (Phi) is 8.10. The van der Waals surface area contributed by atoms with E-state index < -0.39 is 0 Å². The first-order valence-electron chi connectivity index (χ1n) is 12.3. The highest BCUT2D eigenvalue weighted by atomic mass is 35.5. The first-order chi connectivity index (χ1) is 17.7. The summed E-state index contributed by atoms with van der Waals surface area (Å²) in [5, 5.41) is 5.10. The van der Waals surface area contributed by atoms with Gasteiger partial charge >= 0.3 is 0 Å². The maximum absolute atomic E-state index is 5.96. The van der Waals surface area contributed by atoms with Gasteiger partial charge in [0.05, 0.1) is 19.4 Å². The molecule has 0 saturated carbocycles. The number of hydrogen-bond donors (Lipinski definition) is 1. The Hall–Kier alpha value is -3.43. The van der Waals surface area contributed by atoms with Gasteiger partial charge < -0.3 is 19.3 Å². The van der Waals surface area contributed by atoms with Gasteiger partial charge in [-0.25, -0.2) is 5.43 Å². The number of nitrogens with one attached hydrogen (secondary N) is 1. The predicted octanol–water partition coefficient (Wildman–Crippen LogP) is 4.38. The van der Waals surface area contributed by atoms with Crippen molar-refractivity contribution in [2.75, 3.05) is 54.6 Å². The number of halogens is 1. The summed E-state index contributed by atoms with van der Waals surface area (Å²) in [5.74, 6) is 2.54. The van der Waals surface area contributed by atoms with Crippen LogP contribution in [0.1, 0.15) is 30.4 Å². The number of benzene rings is 2. The van der Waals surface area contributed by atoms with E-state index >= 15 is 0 Å². The zero-order chi connectivity index (χ0) is 24.6. The van der Waals surface area contributed by atoms with Gasteiger partial charge in [0.2, 0.25) is 17.8 Å². The summed E-state index contributed by atoms with van der Waals surface area (Å²) in [7, 11) is 0. The molecule has 3 heterocycles. The van der Waals surface area contributed by atoms with Crippen molar-refractivity contribution in [1.82, 2.24) is 15.0 Å². The van der Waals surface area contributed by atoms with E-state index in [9.17, 15) is 0 Å². The van der Waals surface area contributed by atoms with Gasteiger partial charge in [-0.15, -0.1) is 0 Å². The number of hydrogen-bond acceptors (Lipinski definition) is 9. The Morgan fingerprint density at radius 3 is 2.39 bits per heavy atom. The van der Waals surface area contributed by atoms with Crippen LogP contribution in [0, 0.1) is 0 Å². The molecule has 0 radical (unpaired) electrons. The second-order valence-corrected chi connectivity index (χ2v) is 9.20. The minimum absolute atomic E-state index is 0.429. The molecule has 2 saturated heterocycles.